The normalized spacial score (nSPS) is 31.2. The molecular formula is C15H22ClNOS. The molecule has 3 rings (SSSR count). The van der Waals surface area contributed by atoms with Gasteiger partial charge in [-0.3, -0.25) is 0 Å². The number of aliphatic hydroxyl groups is 1. The number of aryl methyl sites for hydroxylation is 1. The van der Waals surface area contributed by atoms with Gasteiger partial charge in [-0.2, -0.15) is 0 Å². The Morgan fingerprint density at radius 3 is 2.95 bits per heavy atom. The molecule has 3 atom stereocenters. The number of halogens is 1. The summed E-state index contributed by atoms with van der Waals surface area (Å²) in [6, 6.07) is 3.08. The highest BCUT2D eigenvalue weighted by Crippen LogP contribution is 2.39. The highest BCUT2D eigenvalue weighted by Gasteiger charge is 2.29. The van der Waals surface area contributed by atoms with Crippen LogP contribution >= 0.6 is 22.9 Å². The van der Waals surface area contributed by atoms with Crippen LogP contribution in [0.1, 0.15) is 55.0 Å². The number of fused-ring (bicyclic) bond motifs is 1. The number of hydrogen-bond acceptors (Lipinski definition) is 3. The lowest BCUT2D eigenvalue weighted by atomic mass is 9.83. The quantitative estimate of drug-likeness (QED) is 0.886. The molecule has 0 amide bonds. The molecule has 106 valence electrons. The fourth-order valence-corrected chi connectivity index (χ4v) is 4.98. The van der Waals surface area contributed by atoms with Crippen LogP contribution in [-0.4, -0.2) is 17.8 Å². The number of thiophene rings is 1. The molecular weight excluding hydrogens is 278 g/mol. The Kier molecular flexibility index (Phi) is 4.47. The second-order valence-electron chi connectivity index (χ2n) is 5.87. The van der Waals surface area contributed by atoms with Gasteiger partial charge >= 0.3 is 0 Å². The van der Waals surface area contributed by atoms with E-state index in [-0.39, 0.29) is 0 Å². The van der Waals surface area contributed by atoms with Crippen molar-refractivity contribution in [2.75, 3.05) is 6.61 Å². The second-order valence-corrected chi connectivity index (χ2v) is 7.64. The highest BCUT2D eigenvalue weighted by molar-refractivity contribution is 7.16. The number of hydrogen-bond donors (Lipinski definition) is 2. The van der Waals surface area contributed by atoms with E-state index in [1.54, 1.807) is 11.3 Å². The predicted molar refractivity (Wildman–Crippen MR) is 81.0 cm³/mol. The van der Waals surface area contributed by atoms with Crippen molar-refractivity contribution in [1.82, 2.24) is 5.32 Å². The molecule has 2 aliphatic carbocycles. The van der Waals surface area contributed by atoms with Gasteiger partial charge in [-0.1, -0.05) is 24.4 Å². The molecule has 1 aromatic rings. The van der Waals surface area contributed by atoms with Crippen LogP contribution in [-0.2, 0) is 6.42 Å². The van der Waals surface area contributed by atoms with E-state index in [1.165, 1.54) is 49.0 Å². The summed E-state index contributed by atoms with van der Waals surface area (Å²) in [7, 11) is 0. The van der Waals surface area contributed by atoms with Crippen molar-refractivity contribution in [3.8, 4) is 0 Å². The van der Waals surface area contributed by atoms with E-state index >= 15 is 0 Å². The molecule has 0 aliphatic heterocycles. The average molecular weight is 300 g/mol. The monoisotopic (exact) mass is 299 g/mol. The third-order valence-electron chi connectivity index (χ3n) is 4.64. The number of aliphatic hydroxyl groups excluding tert-OH is 1. The van der Waals surface area contributed by atoms with Crippen molar-refractivity contribution in [2.24, 2.45) is 5.92 Å². The highest BCUT2D eigenvalue weighted by atomic mass is 35.5. The Balaban J connectivity index is 1.73. The molecule has 1 heterocycles. The van der Waals surface area contributed by atoms with Gasteiger partial charge in [0.2, 0.25) is 0 Å². The Morgan fingerprint density at radius 2 is 2.11 bits per heavy atom. The molecule has 1 aromatic heterocycles. The molecule has 1 saturated carbocycles. The first-order valence-electron chi connectivity index (χ1n) is 7.43. The molecule has 19 heavy (non-hydrogen) atoms. The summed E-state index contributed by atoms with van der Waals surface area (Å²) in [5, 5.41) is 13.3. The van der Waals surface area contributed by atoms with Crippen LogP contribution in [0.2, 0.25) is 4.34 Å². The fraction of sp³-hybridized carbons (Fsp3) is 0.733. The zero-order chi connectivity index (χ0) is 13.2. The van der Waals surface area contributed by atoms with Crippen molar-refractivity contribution in [2.45, 2.75) is 57.0 Å². The first-order chi connectivity index (χ1) is 9.28. The van der Waals surface area contributed by atoms with Gasteiger partial charge in [0, 0.05) is 23.6 Å². The first kappa shape index (κ1) is 13.9. The molecule has 0 radical (unpaired) electrons. The van der Waals surface area contributed by atoms with Crippen LogP contribution in [0.3, 0.4) is 0 Å². The fourth-order valence-electron chi connectivity index (χ4n) is 3.60. The molecule has 0 spiro atoms. The van der Waals surface area contributed by atoms with Gasteiger partial charge in [0.05, 0.1) is 4.34 Å². The molecule has 0 bridgehead atoms. The standard InChI is InChI=1S/C15H22ClNOS/c16-15-8-11-13(6-3-7-14(11)19-15)17-12-5-2-1-4-10(12)9-18/h8,10,12-13,17-18H,1-7,9H2. The van der Waals surface area contributed by atoms with E-state index in [1.807, 2.05) is 0 Å². The van der Waals surface area contributed by atoms with Crippen LogP contribution in [0.4, 0.5) is 0 Å². The summed E-state index contributed by atoms with van der Waals surface area (Å²) in [5.74, 6) is 0.438. The first-order valence-corrected chi connectivity index (χ1v) is 8.62. The Bertz CT molecular complexity index is 434. The van der Waals surface area contributed by atoms with Crippen LogP contribution in [0, 0.1) is 5.92 Å². The number of rotatable bonds is 3. The minimum absolute atomic E-state index is 0.321. The van der Waals surface area contributed by atoms with Gasteiger partial charge in [-0.25, -0.2) is 0 Å². The Morgan fingerprint density at radius 1 is 1.26 bits per heavy atom. The van der Waals surface area contributed by atoms with Crippen molar-refractivity contribution < 1.29 is 5.11 Å². The second kappa shape index (κ2) is 6.13. The smallest absolute Gasteiger partial charge is 0.0934 e. The van der Waals surface area contributed by atoms with E-state index in [0.29, 0.717) is 24.6 Å². The average Bonchev–Trinajstić information content (AvgIpc) is 2.81. The summed E-state index contributed by atoms with van der Waals surface area (Å²) in [6.45, 7) is 0.321. The van der Waals surface area contributed by atoms with E-state index < -0.39 is 0 Å². The van der Waals surface area contributed by atoms with E-state index in [4.69, 9.17) is 11.6 Å². The third-order valence-corrected chi connectivity index (χ3v) is 5.98. The molecule has 3 unspecified atom stereocenters. The third kappa shape index (κ3) is 2.99. The largest absolute Gasteiger partial charge is 0.396 e. The lowest BCUT2D eigenvalue weighted by Crippen LogP contribution is -2.42. The van der Waals surface area contributed by atoms with Gasteiger partial charge in [-0.15, -0.1) is 11.3 Å². The minimum Gasteiger partial charge on any atom is -0.396 e. The van der Waals surface area contributed by atoms with Crippen LogP contribution < -0.4 is 5.32 Å². The van der Waals surface area contributed by atoms with Crippen molar-refractivity contribution in [3.05, 3.63) is 20.8 Å². The summed E-state index contributed by atoms with van der Waals surface area (Å²) in [5.41, 5.74) is 1.42. The van der Waals surface area contributed by atoms with Crippen molar-refractivity contribution >= 4 is 22.9 Å². The van der Waals surface area contributed by atoms with Crippen molar-refractivity contribution in [1.29, 1.82) is 0 Å². The molecule has 2 nitrogen and oxygen atoms in total. The molecule has 2 aliphatic rings. The molecule has 0 saturated heterocycles. The number of nitrogens with one attached hydrogen (secondary N) is 1. The molecule has 4 heteroatoms. The topological polar surface area (TPSA) is 32.3 Å². The zero-order valence-corrected chi connectivity index (χ0v) is 12.8. The Hall–Kier alpha value is -0.0900. The molecule has 0 aromatic carbocycles. The lowest BCUT2D eigenvalue weighted by molar-refractivity contribution is 0.143. The SMILES string of the molecule is OCC1CCCCC1NC1CCCc2sc(Cl)cc21. The summed E-state index contributed by atoms with van der Waals surface area (Å²) in [6.07, 6.45) is 8.56. The summed E-state index contributed by atoms with van der Waals surface area (Å²) >= 11 is 7.90. The maximum atomic E-state index is 9.53. The van der Waals surface area contributed by atoms with E-state index in [0.717, 1.165) is 10.8 Å². The van der Waals surface area contributed by atoms with Gasteiger partial charge < -0.3 is 10.4 Å². The van der Waals surface area contributed by atoms with Crippen LogP contribution in [0.5, 0.6) is 0 Å². The Labute approximate surface area is 124 Å². The van der Waals surface area contributed by atoms with Gasteiger partial charge in [0.15, 0.2) is 0 Å². The zero-order valence-electron chi connectivity index (χ0n) is 11.2. The molecule has 1 fully saturated rings. The van der Waals surface area contributed by atoms with Gasteiger partial charge in [0.25, 0.3) is 0 Å². The predicted octanol–water partition coefficient (Wildman–Crippen LogP) is 3.92. The van der Waals surface area contributed by atoms with Crippen LogP contribution in [0.25, 0.3) is 0 Å². The lowest BCUT2D eigenvalue weighted by Gasteiger charge is -2.35. The van der Waals surface area contributed by atoms with E-state index in [2.05, 4.69) is 11.4 Å². The summed E-state index contributed by atoms with van der Waals surface area (Å²) < 4.78 is 0.918. The maximum Gasteiger partial charge on any atom is 0.0934 e. The van der Waals surface area contributed by atoms with Crippen LogP contribution in [0.15, 0.2) is 6.07 Å². The van der Waals surface area contributed by atoms with Crippen molar-refractivity contribution in [3.63, 3.8) is 0 Å². The van der Waals surface area contributed by atoms with E-state index in [9.17, 15) is 5.11 Å². The van der Waals surface area contributed by atoms with Gasteiger partial charge in [0.1, 0.15) is 0 Å². The minimum atomic E-state index is 0.321. The maximum absolute atomic E-state index is 9.53. The van der Waals surface area contributed by atoms with Gasteiger partial charge in [-0.05, 0) is 49.7 Å². The summed E-state index contributed by atoms with van der Waals surface area (Å²) in [4.78, 5) is 1.46. The molecule has 2 N–H and O–H groups in total.